The molecule has 0 unspecified atom stereocenters. The molecule has 0 aliphatic heterocycles. The Labute approximate surface area is 73.0 Å². The summed E-state index contributed by atoms with van der Waals surface area (Å²) in [5.74, 6) is 0.681. The highest BCUT2D eigenvalue weighted by molar-refractivity contribution is 7.13. The van der Waals surface area contributed by atoms with Crippen molar-refractivity contribution in [1.82, 2.24) is 10.1 Å². The fourth-order valence-electron chi connectivity index (χ4n) is 0.860. The van der Waals surface area contributed by atoms with Gasteiger partial charge in [-0.15, -0.1) is 11.3 Å². The number of hydrogen-bond acceptors (Lipinski definition) is 5. The Bertz CT molecular complexity index is 354. The molecule has 0 amide bonds. The van der Waals surface area contributed by atoms with Crippen molar-refractivity contribution in [2.75, 3.05) is 0 Å². The topological polar surface area (TPSA) is 64.9 Å². The van der Waals surface area contributed by atoms with E-state index in [4.69, 9.17) is 10.3 Å². The molecule has 2 heterocycles. The number of nitrogens with zero attached hydrogens (tertiary/aromatic N) is 2. The van der Waals surface area contributed by atoms with E-state index in [-0.39, 0.29) is 0 Å². The highest BCUT2D eigenvalue weighted by Crippen LogP contribution is 2.20. The van der Waals surface area contributed by atoms with Crippen molar-refractivity contribution < 1.29 is 4.52 Å². The standard InChI is InChI=1S/C7H7N3OS/c8-4-5-3-6(10-11-5)7-9-1-2-12-7/h1-3H,4,8H2. The van der Waals surface area contributed by atoms with Crippen LogP contribution in [0.4, 0.5) is 0 Å². The lowest BCUT2D eigenvalue weighted by atomic mass is 10.4. The molecule has 0 bridgehead atoms. The first-order chi connectivity index (χ1) is 5.90. The van der Waals surface area contributed by atoms with Gasteiger partial charge in [0.2, 0.25) is 0 Å². The highest BCUT2D eigenvalue weighted by Gasteiger charge is 2.06. The van der Waals surface area contributed by atoms with Gasteiger partial charge in [-0.1, -0.05) is 5.16 Å². The Kier molecular flexibility index (Phi) is 1.89. The Morgan fingerprint density at radius 1 is 1.58 bits per heavy atom. The molecule has 0 spiro atoms. The molecule has 5 heteroatoms. The molecule has 2 rings (SSSR count). The van der Waals surface area contributed by atoms with Crippen molar-refractivity contribution in [3.05, 3.63) is 23.4 Å². The van der Waals surface area contributed by atoms with E-state index in [1.54, 1.807) is 12.3 Å². The summed E-state index contributed by atoms with van der Waals surface area (Å²) in [7, 11) is 0. The molecule has 0 saturated heterocycles. The third-order valence-electron chi connectivity index (χ3n) is 1.41. The Morgan fingerprint density at radius 2 is 2.50 bits per heavy atom. The molecule has 2 aromatic rings. The van der Waals surface area contributed by atoms with E-state index in [1.165, 1.54) is 11.3 Å². The minimum Gasteiger partial charge on any atom is -0.359 e. The second-order valence-electron chi connectivity index (χ2n) is 2.22. The number of nitrogens with two attached hydrogens (primary N) is 1. The first kappa shape index (κ1) is 7.45. The van der Waals surface area contributed by atoms with E-state index in [9.17, 15) is 0 Å². The number of rotatable bonds is 2. The molecule has 0 aliphatic carbocycles. The summed E-state index contributed by atoms with van der Waals surface area (Å²) < 4.78 is 4.93. The minimum atomic E-state index is 0.373. The second-order valence-corrected chi connectivity index (χ2v) is 3.11. The monoisotopic (exact) mass is 181 g/mol. The van der Waals surface area contributed by atoms with Gasteiger partial charge in [-0.3, -0.25) is 0 Å². The number of aromatic nitrogens is 2. The lowest BCUT2D eigenvalue weighted by Gasteiger charge is -1.81. The Hall–Kier alpha value is -1.20. The van der Waals surface area contributed by atoms with E-state index < -0.39 is 0 Å². The summed E-state index contributed by atoms with van der Waals surface area (Å²) in [4.78, 5) is 4.09. The van der Waals surface area contributed by atoms with Gasteiger partial charge in [0.15, 0.2) is 5.76 Å². The zero-order valence-corrected chi connectivity index (χ0v) is 7.04. The summed E-state index contributed by atoms with van der Waals surface area (Å²) >= 11 is 1.53. The van der Waals surface area contributed by atoms with Gasteiger partial charge in [-0.25, -0.2) is 4.98 Å². The summed E-state index contributed by atoms with van der Waals surface area (Å²) in [6.45, 7) is 0.373. The molecule has 4 nitrogen and oxygen atoms in total. The molecule has 0 radical (unpaired) electrons. The molecule has 0 aliphatic rings. The van der Waals surface area contributed by atoms with Crippen LogP contribution >= 0.6 is 11.3 Å². The summed E-state index contributed by atoms with van der Waals surface area (Å²) in [5.41, 5.74) is 6.12. The van der Waals surface area contributed by atoms with Gasteiger partial charge < -0.3 is 10.3 Å². The first-order valence-corrected chi connectivity index (χ1v) is 4.33. The van der Waals surface area contributed by atoms with Crippen molar-refractivity contribution in [3.8, 4) is 10.7 Å². The van der Waals surface area contributed by atoms with Crippen LogP contribution < -0.4 is 5.73 Å². The van der Waals surface area contributed by atoms with Crippen molar-refractivity contribution in [3.63, 3.8) is 0 Å². The van der Waals surface area contributed by atoms with Crippen molar-refractivity contribution in [2.45, 2.75) is 6.54 Å². The minimum absolute atomic E-state index is 0.373. The maximum absolute atomic E-state index is 5.37. The molecule has 0 aromatic carbocycles. The SMILES string of the molecule is NCc1cc(-c2nccs2)no1. The molecular formula is C7H7N3OS. The van der Waals surface area contributed by atoms with Gasteiger partial charge in [0.25, 0.3) is 0 Å². The van der Waals surface area contributed by atoms with Crippen LogP contribution in [0.3, 0.4) is 0 Å². The van der Waals surface area contributed by atoms with Crippen molar-refractivity contribution in [1.29, 1.82) is 0 Å². The van der Waals surface area contributed by atoms with Crippen molar-refractivity contribution >= 4 is 11.3 Å². The normalized spacial score (nSPS) is 10.4. The lowest BCUT2D eigenvalue weighted by molar-refractivity contribution is 0.387. The van der Waals surface area contributed by atoms with Gasteiger partial charge >= 0.3 is 0 Å². The average Bonchev–Trinajstić information content (AvgIpc) is 2.75. The highest BCUT2D eigenvalue weighted by atomic mass is 32.1. The first-order valence-electron chi connectivity index (χ1n) is 3.45. The molecule has 2 aromatic heterocycles. The lowest BCUT2D eigenvalue weighted by Crippen LogP contribution is -1.92. The Balaban J connectivity index is 2.35. The summed E-state index contributed by atoms with van der Waals surface area (Å²) in [6.07, 6.45) is 1.73. The van der Waals surface area contributed by atoms with Gasteiger partial charge in [0.05, 0.1) is 6.54 Å². The fourth-order valence-corrected chi connectivity index (χ4v) is 1.45. The maximum atomic E-state index is 5.37. The third-order valence-corrected chi connectivity index (χ3v) is 2.21. The summed E-state index contributed by atoms with van der Waals surface area (Å²) in [6, 6.07) is 1.80. The quantitative estimate of drug-likeness (QED) is 0.757. The van der Waals surface area contributed by atoms with Gasteiger partial charge in [-0.2, -0.15) is 0 Å². The average molecular weight is 181 g/mol. The van der Waals surface area contributed by atoms with Crippen LogP contribution in [0.1, 0.15) is 5.76 Å². The van der Waals surface area contributed by atoms with Crippen LogP contribution in [-0.4, -0.2) is 10.1 Å². The predicted octanol–water partition coefficient (Wildman–Crippen LogP) is 1.26. The maximum Gasteiger partial charge on any atom is 0.150 e. The molecular weight excluding hydrogens is 174 g/mol. The third kappa shape index (κ3) is 1.24. The zero-order chi connectivity index (χ0) is 8.39. The second kappa shape index (κ2) is 3.04. The van der Waals surface area contributed by atoms with Crippen LogP contribution in [0.2, 0.25) is 0 Å². The zero-order valence-electron chi connectivity index (χ0n) is 6.23. The number of hydrogen-bond donors (Lipinski definition) is 1. The smallest absolute Gasteiger partial charge is 0.150 e. The van der Waals surface area contributed by atoms with Crippen molar-refractivity contribution in [2.24, 2.45) is 5.73 Å². The molecule has 2 N–H and O–H groups in total. The fraction of sp³-hybridized carbons (Fsp3) is 0.143. The largest absolute Gasteiger partial charge is 0.359 e. The van der Waals surface area contributed by atoms with Crippen LogP contribution in [0.25, 0.3) is 10.7 Å². The van der Waals surface area contributed by atoms with Gasteiger partial charge in [0, 0.05) is 17.6 Å². The molecule has 0 fully saturated rings. The molecule has 0 saturated carbocycles. The van der Waals surface area contributed by atoms with E-state index >= 15 is 0 Å². The van der Waals surface area contributed by atoms with Crippen LogP contribution in [-0.2, 0) is 6.54 Å². The van der Waals surface area contributed by atoms with Gasteiger partial charge in [0.1, 0.15) is 10.7 Å². The molecule has 12 heavy (non-hydrogen) atoms. The van der Waals surface area contributed by atoms with E-state index in [0.29, 0.717) is 12.3 Å². The number of thiazole rings is 1. The molecule has 62 valence electrons. The van der Waals surface area contributed by atoms with Crippen LogP contribution in [0.5, 0.6) is 0 Å². The van der Waals surface area contributed by atoms with E-state index in [0.717, 1.165) is 10.7 Å². The van der Waals surface area contributed by atoms with E-state index in [2.05, 4.69) is 10.1 Å². The summed E-state index contributed by atoms with van der Waals surface area (Å²) in [5, 5.41) is 6.58. The predicted molar refractivity (Wildman–Crippen MR) is 45.5 cm³/mol. The van der Waals surface area contributed by atoms with Crippen LogP contribution in [0, 0.1) is 0 Å². The van der Waals surface area contributed by atoms with E-state index in [1.807, 2.05) is 5.38 Å². The van der Waals surface area contributed by atoms with Gasteiger partial charge in [-0.05, 0) is 0 Å². The van der Waals surface area contributed by atoms with Crippen LogP contribution in [0.15, 0.2) is 22.2 Å². The Morgan fingerprint density at radius 3 is 3.08 bits per heavy atom. The molecule has 0 atom stereocenters.